The minimum Gasteiger partial charge on any atom is -0.495 e. The second-order valence-corrected chi connectivity index (χ2v) is 4.21. The highest BCUT2D eigenvalue weighted by Gasteiger charge is 2.12. The molecule has 0 bridgehead atoms. The molecule has 0 aliphatic rings. The Morgan fingerprint density at radius 2 is 2.00 bits per heavy atom. The fourth-order valence-corrected chi connectivity index (χ4v) is 2.17. The van der Waals surface area contributed by atoms with E-state index in [-0.39, 0.29) is 5.69 Å². The Kier molecular flexibility index (Phi) is 2.52. The first kappa shape index (κ1) is 11.4. The predicted molar refractivity (Wildman–Crippen MR) is 74.9 cm³/mol. The molecule has 0 saturated heterocycles. The van der Waals surface area contributed by atoms with Gasteiger partial charge >= 0.3 is 5.69 Å². The zero-order chi connectivity index (χ0) is 13.4. The molecule has 3 aromatic rings. The smallest absolute Gasteiger partial charge is 0.331 e. The molecular formula is C14H13N3O2. The molecule has 5 nitrogen and oxygen atoms in total. The molecule has 0 spiro atoms. The van der Waals surface area contributed by atoms with Gasteiger partial charge in [0, 0.05) is 5.69 Å². The van der Waals surface area contributed by atoms with E-state index in [0.717, 1.165) is 11.0 Å². The van der Waals surface area contributed by atoms with Gasteiger partial charge in [0.05, 0.1) is 23.8 Å². The predicted octanol–water partition coefficient (Wildman–Crippen LogP) is 1.91. The number of imidazole rings is 1. The number of fused-ring (bicyclic) bond motifs is 1. The maximum absolute atomic E-state index is 12.1. The fourth-order valence-electron chi connectivity index (χ4n) is 2.17. The molecule has 1 heterocycles. The van der Waals surface area contributed by atoms with Crippen LogP contribution in [0.15, 0.2) is 47.3 Å². The minimum absolute atomic E-state index is 0.217. The third kappa shape index (κ3) is 1.76. The van der Waals surface area contributed by atoms with Crippen LogP contribution in [0.5, 0.6) is 5.75 Å². The maximum atomic E-state index is 12.1. The number of nitrogen functional groups attached to an aromatic ring is 1. The number of hydrogen-bond acceptors (Lipinski definition) is 3. The van der Waals surface area contributed by atoms with Crippen LogP contribution in [-0.4, -0.2) is 16.7 Å². The van der Waals surface area contributed by atoms with Crippen molar-refractivity contribution in [3.8, 4) is 11.4 Å². The molecule has 0 fully saturated rings. The van der Waals surface area contributed by atoms with Crippen LogP contribution in [0.3, 0.4) is 0 Å². The SMILES string of the molecule is COc1ccccc1-n1c(=O)[nH]c2ccc(N)cc21. The van der Waals surface area contributed by atoms with E-state index in [4.69, 9.17) is 10.5 Å². The van der Waals surface area contributed by atoms with Crippen LogP contribution in [0, 0.1) is 0 Å². The van der Waals surface area contributed by atoms with Gasteiger partial charge in [0.2, 0.25) is 0 Å². The van der Waals surface area contributed by atoms with E-state index < -0.39 is 0 Å². The first-order chi connectivity index (χ1) is 9.20. The first-order valence-corrected chi connectivity index (χ1v) is 5.84. The Morgan fingerprint density at radius 3 is 2.79 bits per heavy atom. The molecule has 0 aliphatic carbocycles. The second kappa shape index (κ2) is 4.20. The molecule has 19 heavy (non-hydrogen) atoms. The van der Waals surface area contributed by atoms with Gasteiger partial charge in [0.1, 0.15) is 5.75 Å². The summed E-state index contributed by atoms with van der Waals surface area (Å²) in [4.78, 5) is 14.9. The Hall–Kier alpha value is -2.69. The van der Waals surface area contributed by atoms with E-state index in [1.165, 1.54) is 0 Å². The van der Waals surface area contributed by atoms with Crippen LogP contribution in [0.1, 0.15) is 0 Å². The highest BCUT2D eigenvalue weighted by Crippen LogP contribution is 2.25. The summed E-state index contributed by atoms with van der Waals surface area (Å²) in [6, 6.07) is 12.7. The zero-order valence-electron chi connectivity index (χ0n) is 10.4. The van der Waals surface area contributed by atoms with Gasteiger partial charge in [-0.25, -0.2) is 4.79 Å². The number of ether oxygens (including phenoxy) is 1. The number of aromatic nitrogens is 2. The third-order valence-electron chi connectivity index (χ3n) is 3.03. The highest BCUT2D eigenvalue weighted by molar-refractivity contribution is 5.81. The quantitative estimate of drug-likeness (QED) is 0.687. The molecule has 0 aliphatic heterocycles. The highest BCUT2D eigenvalue weighted by atomic mass is 16.5. The number of anilines is 1. The van der Waals surface area contributed by atoms with Gasteiger partial charge in [-0.3, -0.25) is 4.57 Å². The normalized spacial score (nSPS) is 10.8. The van der Waals surface area contributed by atoms with Gasteiger partial charge in [-0.15, -0.1) is 0 Å². The van der Waals surface area contributed by atoms with Crippen molar-refractivity contribution in [3.63, 3.8) is 0 Å². The molecule has 5 heteroatoms. The van der Waals surface area contributed by atoms with E-state index >= 15 is 0 Å². The Morgan fingerprint density at radius 1 is 1.21 bits per heavy atom. The van der Waals surface area contributed by atoms with Crippen molar-refractivity contribution in [1.29, 1.82) is 0 Å². The molecule has 96 valence electrons. The molecule has 1 aromatic heterocycles. The molecule has 0 unspecified atom stereocenters. The van der Waals surface area contributed by atoms with E-state index in [1.807, 2.05) is 24.3 Å². The maximum Gasteiger partial charge on any atom is 0.331 e. The summed E-state index contributed by atoms with van der Waals surface area (Å²) in [5.41, 5.74) is 8.34. The van der Waals surface area contributed by atoms with Crippen molar-refractivity contribution < 1.29 is 4.74 Å². The Labute approximate surface area is 109 Å². The van der Waals surface area contributed by atoms with E-state index in [0.29, 0.717) is 17.1 Å². The molecule has 0 amide bonds. The van der Waals surface area contributed by atoms with Crippen molar-refractivity contribution in [2.24, 2.45) is 0 Å². The molecule has 0 atom stereocenters. The van der Waals surface area contributed by atoms with E-state index in [9.17, 15) is 4.79 Å². The van der Waals surface area contributed by atoms with Crippen molar-refractivity contribution in [2.45, 2.75) is 0 Å². The number of aromatic amines is 1. The lowest BCUT2D eigenvalue weighted by Gasteiger charge is -2.09. The van der Waals surface area contributed by atoms with E-state index in [1.54, 1.807) is 29.9 Å². The summed E-state index contributed by atoms with van der Waals surface area (Å²) in [5, 5.41) is 0. The van der Waals surface area contributed by atoms with Crippen molar-refractivity contribution in [1.82, 2.24) is 9.55 Å². The topological polar surface area (TPSA) is 73.0 Å². The molecule has 0 radical (unpaired) electrons. The number of nitrogens with one attached hydrogen (secondary N) is 1. The summed E-state index contributed by atoms with van der Waals surface area (Å²) < 4.78 is 6.86. The van der Waals surface area contributed by atoms with Gasteiger partial charge in [0.25, 0.3) is 0 Å². The molecule has 2 aromatic carbocycles. The lowest BCUT2D eigenvalue weighted by molar-refractivity contribution is 0.413. The third-order valence-corrected chi connectivity index (χ3v) is 3.03. The standard InChI is InChI=1S/C14H13N3O2/c1-19-13-5-3-2-4-11(13)17-12-8-9(15)6-7-10(12)16-14(17)18/h2-8H,15H2,1H3,(H,16,18). The summed E-state index contributed by atoms with van der Waals surface area (Å²) in [7, 11) is 1.58. The average molecular weight is 255 g/mol. The van der Waals surface area contributed by atoms with Crippen LogP contribution >= 0.6 is 0 Å². The first-order valence-electron chi connectivity index (χ1n) is 5.84. The number of methoxy groups -OCH3 is 1. The van der Waals surface area contributed by atoms with Gasteiger partial charge < -0.3 is 15.5 Å². The second-order valence-electron chi connectivity index (χ2n) is 4.21. The zero-order valence-corrected chi connectivity index (χ0v) is 10.4. The lowest BCUT2D eigenvalue weighted by Crippen LogP contribution is -2.15. The van der Waals surface area contributed by atoms with Crippen LogP contribution in [0.25, 0.3) is 16.7 Å². The van der Waals surface area contributed by atoms with Gasteiger partial charge in [0.15, 0.2) is 0 Å². The Bertz CT molecular complexity index is 802. The number of benzene rings is 2. The number of H-pyrrole nitrogens is 1. The minimum atomic E-state index is -0.217. The van der Waals surface area contributed by atoms with Crippen LogP contribution in [0.4, 0.5) is 5.69 Å². The monoisotopic (exact) mass is 255 g/mol. The van der Waals surface area contributed by atoms with Gasteiger partial charge in [-0.05, 0) is 30.3 Å². The molecule has 3 N–H and O–H groups in total. The number of nitrogens with two attached hydrogens (primary N) is 1. The van der Waals surface area contributed by atoms with Crippen LogP contribution in [-0.2, 0) is 0 Å². The van der Waals surface area contributed by atoms with E-state index in [2.05, 4.69) is 4.98 Å². The molecule has 0 saturated carbocycles. The van der Waals surface area contributed by atoms with Crippen molar-refractivity contribution >= 4 is 16.7 Å². The number of nitrogens with zero attached hydrogens (tertiary/aromatic N) is 1. The molecular weight excluding hydrogens is 242 g/mol. The van der Waals surface area contributed by atoms with Crippen LogP contribution < -0.4 is 16.2 Å². The number of rotatable bonds is 2. The summed E-state index contributed by atoms with van der Waals surface area (Å²) in [6.07, 6.45) is 0. The number of hydrogen-bond donors (Lipinski definition) is 2. The van der Waals surface area contributed by atoms with Crippen molar-refractivity contribution in [3.05, 3.63) is 52.9 Å². The van der Waals surface area contributed by atoms with Crippen molar-refractivity contribution in [2.75, 3.05) is 12.8 Å². The average Bonchev–Trinajstić information content (AvgIpc) is 2.74. The summed E-state index contributed by atoms with van der Waals surface area (Å²) in [6.45, 7) is 0. The molecule has 3 rings (SSSR count). The largest absolute Gasteiger partial charge is 0.495 e. The Balaban J connectivity index is 2.39. The fraction of sp³-hybridized carbons (Fsp3) is 0.0714. The van der Waals surface area contributed by atoms with Gasteiger partial charge in [-0.1, -0.05) is 12.1 Å². The van der Waals surface area contributed by atoms with Crippen LogP contribution in [0.2, 0.25) is 0 Å². The lowest BCUT2D eigenvalue weighted by atomic mass is 10.2. The summed E-state index contributed by atoms with van der Waals surface area (Å²) in [5.74, 6) is 0.632. The number of para-hydroxylation sites is 2. The van der Waals surface area contributed by atoms with Gasteiger partial charge in [-0.2, -0.15) is 0 Å². The summed E-state index contributed by atoms with van der Waals surface area (Å²) >= 11 is 0.